The molecule has 0 fully saturated rings. The molecule has 18 heavy (non-hydrogen) atoms. The van der Waals surface area contributed by atoms with Crippen LogP contribution in [0, 0.1) is 0 Å². The Kier molecular flexibility index (Phi) is 7.24. The van der Waals surface area contributed by atoms with E-state index >= 15 is 0 Å². The SMILES string of the molecule is CC(C)NC(C)(CCSCCS(C)(=O)=O)C(=O)O. The van der Waals surface area contributed by atoms with E-state index < -0.39 is 21.3 Å². The molecule has 0 saturated heterocycles. The molecule has 0 aliphatic carbocycles. The lowest BCUT2D eigenvalue weighted by molar-refractivity contribution is -0.144. The molecule has 0 aromatic heterocycles. The van der Waals surface area contributed by atoms with E-state index in [1.54, 1.807) is 6.92 Å². The van der Waals surface area contributed by atoms with Crippen molar-refractivity contribution in [2.75, 3.05) is 23.5 Å². The second kappa shape index (κ2) is 7.35. The van der Waals surface area contributed by atoms with Crippen molar-refractivity contribution in [1.29, 1.82) is 0 Å². The highest BCUT2D eigenvalue weighted by Gasteiger charge is 2.32. The molecule has 0 bridgehead atoms. The second-order valence-electron chi connectivity index (χ2n) is 4.93. The summed E-state index contributed by atoms with van der Waals surface area (Å²) >= 11 is 1.47. The van der Waals surface area contributed by atoms with Crippen LogP contribution in [0.25, 0.3) is 0 Å². The van der Waals surface area contributed by atoms with E-state index in [4.69, 9.17) is 0 Å². The lowest BCUT2D eigenvalue weighted by Crippen LogP contribution is -2.52. The van der Waals surface area contributed by atoms with Crippen LogP contribution in [-0.2, 0) is 14.6 Å². The lowest BCUT2D eigenvalue weighted by Gasteiger charge is -2.28. The molecule has 0 radical (unpaired) electrons. The summed E-state index contributed by atoms with van der Waals surface area (Å²) in [5, 5.41) is 12.2. The molecule has 1 unspecified atom stereocenters. The number of rotatable bonds is 9. The van der Waals surface area contributed by atoms with Gasteiger partial charge < -0.3 is 5.11 Å². The fourth-order valence-electron chi connectivity index (χ4n) is 1.47. The first-order valence-electron chi connectivity index (χ1n) is 5.83. The van der Waals surface area contributed by atoms with Gasteiger partial charge in [0.1, 0.15) is 15.4 Å². The molecule has 5 nitrogen and oxygen atoms in total. The summed E-state index contributed by atoms with van der Waals surface area (Å²) in [6.07, 6.45) is 1.67. The van der Waals surface area contributed by atoms with E-state index in [2.05, 4.69) is 5.32 Å². The molecule has 0 aliphatic rings. The van der Waals surface area contributed by atoms with E-state index in [1.807, 2.05) is 13.8 Å². The highest BCUT2D eigenvalue weighted by Crippen LogP contribution is 2.16. The number of hydrogen-bond donors (Lipinski definition) is 2. The van der Waals surface area contributed by atoms with Crippen LogP contribution in [0.4, 0.5) is 0 Å². The van der Waals surface area contributed by atoms with Gasteiger partial charge in [0.25, 0.3) is 0 Å². The maximum atomic E-state index is 11.2. The zero-order chi connectivity index (χ0) is 14.4. The summed E-state index contributed by atoms with van der Waals surface area (Å²) in [5.74, 6) is 0.396. The van der Waals surface area contributed by atoms with Crippen LogP contribution in [0.15, 0.2) is 0 Å². The van der Waals surface area contributed by atoms with Crippen molar-refractivity contribution in [3.05, 3.63) is 0 Å². The van der Waals surface area contributed by atoms with Crippen LogP contribution < -0.4 is 5.32 Å². The van der Waals surface area contributed by atoms with Crippen LogP contribution in [0.2, 0.25) is 0 Å². The maximum Gasteiger partial charge on any atom is 0.323 e. The second-order valence-corrected chi connectivity index (χ2v) is 8.41. The number of aliphatic carboxylic acids is 1. The highest BCUT2D eigenvalue weighted by atomic mass is 32.2. The molecule has 0 aromatic rings. The van der Waals surface area contributed by atoms with Gasteiger partial charge in [-0.25, -0.2) is 8.42 Å². The van der Waals surface area contributed by atoms with Crippen LogP contribution >= 0.6 is 11.8 Å². The van der Waals surface area contributed by atoms with E-state index in [9.17, 15) is 18.3 Å². The van der Waals surface area contributed by atoms with E-state index in [0.29, 0.717) is 17.9 Å². The van der Waals surface area contributed by atoms with Crippen molar-refractivity contribution in [1.82, 2.24) is 5.32 Å². The Hall–Kier alpha value is -0.270. The summed E-state index contributed by atoms with van der Waals surface area (Å²) in [6, 6.07) is 0.0899. The van der Waals surface area contributed by atoms with Gasteiger partial charge in [0.05, 0.1) is 5.75 Å². The van der Waals surface area contributed by atoms with Gasteiger partial charge in [0.2, 0.25) is 0 Å². The standard InChI is InChI=1S/C11H23NO4S2/c1-9(2)12-11(3,10(13)14)5-6-17-7-8-18(4,15)16/h9,12H,5-8H2,1-4H3,(H,13,14). The van der Waals surface area contributed by atoms with Crippen molar-refractivity contribution in [2.24, 2.45) is 0 Å². The molecule has 0 saturated carbocycles. The minimum absolute atomic E-state index is 0.0899. The number of nitrogens with one attached hydrogen (secondary N) is 1. The Balaban J connectivity index is 4.10. The molecule has 0 aromatic carbocycles. The first-order chi connectivity index (χ1) is 8.07. The Morgan fingerprint density at radius 3 is 2.33 bits per heavy atom. The maximum absolute atomic E-state index is 11.2. The van der Waals surface area contributed by atoms with Gasteiger partial charge in [-0.1, -0.05) is 0 Å². The monoisotopic (exact) mass is 297 g/mol. The number of carbonyl (C=O) groups is 1. The third-order valence-electron chi connectivity index (χ3n) is 2.42. The normalized spacial score (nSPS) is 15.6. The quantitative estimate of drug-likeness (QED) is 0.618. The van der Waals surface area contributed by atoms with Crippen molar-refractivity contribution in [3.8, 4) is 0 Å². The van der Waals surface area contributed by atoms with E-state index in [1.165, 1.54) is 18.0 Å². The lowest BCUT2D eigenvalue weighted by atomic mass is 9.98. The predicted octanol–water partition coefficient (Wildman–Crippen LogP) is 0.996. The van der Waals surface area contributed by atoms with Crippen molar-refractivity contribution >= 4 is 27.6 Å². The van der Waals surface area contributed by atoms with Crippen LogP contribution in [0.5, 0.6) is 0 Å². The fourth-order valence-corrected chi connectivity index (χ4v) is 3.91. The number of sulfone groups is 1. The zero-order valence-corrected chi connectivity index (χ0v) is 13.0. The minimum atomic E-state index is -2.93. The fraction of sp³-hybridized carbons (Fsp3) is 0.909. The number of thioether (sulfide) groups is 1. The molecule has 0 amide bonds. The topological polar surface area (TPSA) is 83.5 Å². The van der Waals surface area contributed by atoms with Gasteiger partial charge >= 0.3 is 5.97 Å². The molecule has 0 rings (SSSR count). The Morgan fingerprint density at radius 1 is 1.39 bits per heavy atom. The molecular formula is C11H23NO4S2. The molecule has 0 aliphatic heterocycles. The number of hydrogen-bond acceptors (Lipinski definition) is 5. The molecule has 7 heteroatoms. The third-order valence-corrected chi connectivity index (χ3v) is 4.61. The smallest absolute Gasteiger partial charge is 0.323 e. The average Bonchev–Trinajstić information content (AvgIpc) is 2.13. The molecule has 108 valence electrons. The summed E-state index contributed by atoms with van der Waals surface area (Å²) in [5.41, 5.74) is -0.952. The van der Waals surface area contributed by atoms with Crippen molar-refractivity contribution < 1.29 is 18.3 Å². The van der Waals surface area contributed by atoms with Gasteiger partial charge in [0, 0.05) is 18.1 Å². The van der Waals surface area contributed by atoms with Gasteiger partial charge in [-0.05, 0) is 32.9 Å². The molecule has 2 N–H and O–H groups in total. The Bertz CT molecular complexity index is 367. The predicted molar refractivity (Wildman–Crippen MR) is 76.0 cm³/mol. The molecule has 1 atom stereocenters. The first-order valence-corrected chi connectivity index (χ1v) is 9.05. The molecular weight excluding hydrogens is 274 g/mol. The van der Waals surface area contributed by atoms with E-state index in [0.717, 1.165) is 0 Å². The van der Waals surface area contributed by atoms with Crippen molar-refractivity contribution in [3.63, 3.8) is 0 Å². The highest BCUT2D eigenvalue weighted by molar-refractivity contribution is 8.00. The van der Waals surface area contributed by atoms with Crippen molar-refractivity contribution in [2.45, 2.75) is 38.8 Å². The van der Waals surface area contributed by atoms with Crippen LogP contribution in [0.1, 0.15) is 27.2 Å². The zero-order valence-electron chi connectivity index (χ0n) is 11.4. The molecule has 0 spiro atoms. The van der Waals surface area contributed by atoms with Gasteiger partial charge in [-0.3, -0.25) is 10.1 Å². The average molecular weight is 297 g/mol. The molecule has 0 heterocycles. The van der Waals surface area contributed by atoms with Gasteiger partial charge in [0.15, 0.2) is 0 Å². The van der Waals surface area contributed by atoms with Gasteiger partial charge in [-0.15, -0.1) is 0 Å². The first kappa shape index (κ1) is 17.7. The number of carboxylic acids is 1. The van der Waals surface area contributed by atoms with Gasteiger partial charge in [-0.2, -0.15) is 11.8 Å². The largest absolute Gasteiger partial charge is 0.480 e. The third kappa shape index (κ3) is 7.94. The van der Waals surface area contributed by atoms with Crippen LogP contribution in [-0.4, -0.2) is 54.6 Å². The number of carboxylic acid groups (broad SMARTS) is 1. The van der Waals surface area contributed by atoms with Crippen LogP contribution in [0.3, 0.4) is 0 Å². The Labute approximate surface area is 114 Å². The minimum Gasteiger partial charge on any atom is -0.480 e. The summed E-state index contributed by atoms with van der Waals surface area (Å²) in [4.78, 5) is 11.2. The Morgan fingerprint density at radius 2 is 1.94 bits per heavy atom. The summed E-state index contributed by atoms with van der Waals surface area (Å²) in [7, 11) is -2.93. The summed E-state index contributed by atoms with van der Waals surface area (Å²) in [6.45, 7) is 5.46. The summed E-state index contributed by atoms with van der Waals surface area (Å²) < 4.78 is 21.9. The van der Waals surface area contributed by atoms with E-state index in [-0.39, 0.29) is 11.8 Å².